The molecule has 4 heterocycles. The van der Waals surface area contributed by atoms with Gasteiger partial charge in [-0.15, -0.1) is 0 Å². The van der Waals surface area contributed by atoms with E-state index < -0.39 is 27.1 Å². The summed E-state index contributed by atoms with van der Waals surface area (Å²) in [5.74, 6) is 1.000. The molecule has 2 aromatic carbocycles. The van der Waals surface area contributed by atoms with Gasteiger partial charge >= 0.3 is 10.2 Å². The monoisotopic (exact) mass is 686 g/mol. The lowest BCUT2D eigenvalue weighted by Crippen LogP contribution is -2.56. The molecule has 49 heavy (non-hydrogen) atoms. The molecule has 10 nitrogen and oxygen atoms in total. The molecule has 3 aromatic rings. The summed E-state index contributed by atoms with van der Waals surface area (Å²) in [6.07, 6.45) is 11.8. The van der Waals surface area contributed by atoms with Gasteiger partial charge in [0.2, 0.25) is 5.91 Å². The second-order valence-corrected chi connectivity index (χ2v) is 17.4. The van der Waals surface area contributed by atoms with Crippen LogP contribution in [0.4, 0.5) is 0 Å². The number of methoxy groups -OCH3 is 1. The van der Waals surface area contributed by atoms with Crippen LogP contribution in [0.15, 0.2) is 36.4 Å². The second-order valence-electron chi connectivity index (χ2n) is 15.8. The van der Waals surface area contributed by atoms with Crippen LogP contribution in [0.1, 0.15) is 110 Å². The van der Waals surface area contributed by atoms with Crippen molar-refractivity contribution in [3.63, 3.8) is 0 Å². The van der Waals surface area contributed by atoms with E-state index in [1.165, 1.54) is 19.0 Å². The number of nitrogens with one attached hydrogen (secondary N) is 2. The van der Waals surface area contributed by atoms with E-state index in [1.807, 2.05) is 18.2 Å². The lowest BCUT2D eigenvalue weighted by atomic mass is 9.80. The van der Waals surface area contributed by atoms with Crippen LogP contribution in [0.2, 0.25) is 0 Å². The van der Waals surface area contributed by atoms with Gasteiger partial charge in [0.1, 0.15) is 5.75 Å². The average molecular weight is 687 g/mol. The van der Waals surface area contributed by atoms with Gasteiger partial charge in [-0.3, -0.25) is 9.59 Å². The summed E-state index contributed by atoms with van der Waals surface area (Å²) in [5, 5.41) is 12.7. The number of benzene rings is 2. The molecule has 2 amide bonds. The highest BCUT2D eigenvalue weighted by Gasteiger charge is 2.66. The van der Waals surface area contributed by atoms with Crippen molar-refractivity contribution in [2.75, 3.05) is 14.2 Å². The molecule has 3 saturated carbocycles. The predicted octanol–water partition coefficient (Wildman–Crippen LogP) is 5.34. The second kappa shape index (κ2) is 11.0. The molecular formula is C38H46N4O6S. The first-order valence-corrected chi connectivity index (χ1v) is 19.7. The molecule has 2 bridgehead atoms. The fourth-order valence-electron chi connectivity index (χ4n) is 10.5. The highest BCUT2D eigenvalue weighted by Crippen LogP contribution is 2.67. The molecule has 6 aliphatic rings. The van der Waals surface area contributed by atoms with Crippen LogP contribution >= 0.6 is 0 Å². The maximum atomic E-state index is 15.2. The summed E-state index contributed by atoms with van der Waals surface area (Å²) in [7, 11) is -1.04. The quantitative estimate of drug-likeness (QED) is 0.308. The maximum absolute atomic E-state index is 15.2. The first-order valence-electron chi connectivity index (χ1n) is 18.2. The van der Waals surface area contributed by atoms with Crippen LogP contribution in [0.25, 0.3) is 22.2 Å². The molecule has 0 spiro atoms. The van der Waals surface area contributed by atoms with Crippen molar-refractivity contribution in [2.45, 2.75) is 113 Å². The Labute approximate surface area is 287 Å². The number of fused-ring (bicyclic) bond motifs is 9. The van der Waals surface area contributed by atoms with E-state index in [9.17, 15) is 18.3 Å². The van der Waals surface area contributed by atoms with Gasteiger partial charge in [-0.05, 0) is 111 Å². The highest BCUT2D eigenvalue weighted by atomic mass is 32.2. The third-order valence-electron chi connectivity index (χ3n) is 13.1. The number of aliphatic hydroxyl groups is 1. The zero-order chi connectivity index (χ0) is 33.9. The largest absolute Gasteiger partial charge is 0.497 e. The molecule has 3 aliphatic heterocycles. The molecule has 4 unspecified atom stereocenters. The summed E-state index contributed by atoms with van der Waals surface area (Å²) in [5.41, 5.74) is 4.44. The summed E-state index contributed by atoms with van der Waals surface area (Å²) in [6.45, 7) is 0.481. The van der Waals surface area contributed by atoms with Crippen LogP contribution in [0.5, 0.6) is 5.75 Å². The summed E-state index contributed by atoms with van der Waals surface area (Å²) < 4.78 is 36.8. The number of piperidine rings is 1. The molecule has 11 heteroatoms. The summed E-state index contributed by atoms with van der Waals surface area (Å²) in [4.78, 5) is 30.6. The van der Waals surface area contributed by atoms with E-state index in [0.717, 1.165) is 91.3 Å². The number of aromatic nitrogens is 1. The first kappa shape index (κ1) is 31.6. The Kier molecular flexibility index (Phi) is 7.11. The Bertz CT molecular complexity index is 1980. The number of hydrogen-bond donors (Lipinski definition) is 3. The van der Waals surface area contributed by atoms with E-state index >= 15 is 4.79 Å². The lowest BCUT2D eigenvalue weighted by molar-refractivity contribution is -0.149. The number of rotatable bonds is 7. The smallest absolute Gasteiger partial charge is 0.301 e. The van der Waals surface area contributed by atoms with E-state index in [0.29, 0.717) is 31.2 Å². The molecule has 9 rings (SSSR count). The number of ether oxygens (including phenoxy) is 1. The molecule has 3 N–H and O–H groups in total. The normalized spacial score (nSPS) is 30.7. The minimum absolute atomic E-state index is 0.0233. The first-order chi connectivity index (χ1) is 23.6. The summed E-state index contributed by atoms with van der Waals surface area (Å²) >= 11 is 0. The Hall–Kier alpha value is -3.41. The average Bonchev–Trinajstić information content (AvgIpc) is 4.02. The molecular weight excluding hydrogens is 641 g/mol. The fourth-order valence-corrected chi connectivity index (χ4v) is 10.9. The molecule has 2 saturated heterocycles. The molecule has 0 radical (unpaired) electrons. The third-order valence-corrected chi connectivity index (χ3v) is 14.1. The minimum Gasteiger partial charge on any atom is -0.497 e. The lowest BCUT2D eigenvalue weighted by Gasteiger charge is -2.45. The van der Waals surface area contributed by atoms with Gasteiger partial charge < -0.3 is 19.3 Å². The van der Waals surface area contributed by atoms with Crippen LogP contribution in [0, 0.1) is 11.3 Å². The van der Waals surface area contributed by atoms with Gasteiger partial charge in [-0.25, -0.2) is 9.44 Å². The van der Waals surface area contributed by atoms with E-state index in [2.05, 4.69) is 31.0 Å². The molecule has 3 aliphatic carbocycles. The van der Waals surface area contributed by atoms with Crippen LogP contribution < -0.4 is 14.2 Å². The molecule has 4 atom stereocenters. The van der Waals surface area contributed by atoms with Crippen molar-refractivity contribution in [3.05, 3.63) is 53.1 Å². The Morgan fingerprint density at radius 2 is 1.67 bits per heavy atom. The zero-order valence-corrected chi connectivity index (χ0v) is 29.2. The molecule has 260 valence electrons. The van der Waals surface area contributed by atoms with Crippen molar-refractivity contribution in [1.82, 2.24) is 18.9 Å². The van der Waals surface area contributed by atoms with Gasteiger partial charge in [0.05, 0.1) is 23.8 Å². The van der Waals surface area contributed by atoms with Crippen molar-refractivity contribution < 1.29 is 27.9 Å². The van der Waals surface area contributed by atoms with Gasteiger partial charge in [0.25, 0.3) is 5.91 Å². The fraction of sp³-hybridized carbons (Fsp3) is 0.579. The van der Waals surface area contributed by atoms with E-state index in [-0.39, 0.29) is 29.5 Å². The highest BCUT2D eigenvalue weighted by molar-refractivity contribution is 7.88. The van der Waals surface area contributed by atoms with Gasteiger partial charge in [0, 0.05) is 53.6 Å². The van der Waals surface area contributed by atoms with Crippen molar-refractivity contribution in [1.29, 1.82) is 0 Å². The third kappa shape index (κ3) is 4.89. The van der Waals surface area contributed by atoms with E-state index in [1.54, 1.807) is 13.2 Å². The van der Waals surface area contributed by atoms with Gasteiger partial charge in [-0.2, -0.15) is 8.42 Å². The van der Waals surface area contributed by atoms with Crippen molar-refractivity contribution >= 4 is 32.9 Å². The number of carbonyl (C=O) groups excluding carboxylic acids is 2. The Morgan fingerprint density at radius 3 is 2.35 bits per heavy atom. The molecule has 5 fully saturated rings. The van der Waals surface area contributed by atoms with E-state index in [4.69, 9.17) is 4.74 Å². The van der Waals surface area contributed by atoms with Crippen molar-refractivity contribution in [2.24, 2.45) is 11.3 Å². The number of amides is 2. The predicted molar refractivity (Wildman–Crippen MR) is 186 cm³/mol. The van der Waals surface area contributed by atoms with Crippen LogP contribution in [0.3, 0.4) is 0 Å². The number of nitrogens with zero attached hydrogens (tertiary/aromatic N) is 2. The standard InChI is InChI=1S/C38H46N4O6S/c1-39-49(46,47)40-35(43)23-8-14-29-32(16-23)41-21-37(36(44)42-25-11-12-26(42)19-38(45,18-25)24-9-10-24)20-31(37)30-17-27(48-2)13-15-28(30)34(41)33(29)22-6-4-3-5-7-22/h8,13-17,22,24-26,31,39,45H,3-7,9-12,18-21H2,1-2H3,(H,40,43). The Morgan fingerprint density at radius 1 is 0.939 bits per heavy atom. The molecule has 1 aromatic heterocycles. The topological polar surface area (TPSA) is 130 Å². The minimum atomic E-state index is -3.99. The maximum Gasteiger partial charge on any atom is 0.301 e. The Balaban J connectivity index is 1.20. The van der Waals surface area contributed by atoms with Crippen LogP contribution in [-0.4, -0.2) is 66.6 Å². The summed E-state index contributed by atoms with van der Waals surface area (Å²) in [6, 6.07) is 11.9. The van der Waals surface area contributed by atoms with Crippen LogP contribution in [-0.2, 0) is 21.5 Å². The van der Waals surface area contributed by atoms with Gasteiger partial charge in [-0.1, -0.05) is 25.3 Å². The number of carbonyl (C=O) groups is 2. The van der Waals surface area contributed by atoms with Crippen molar-refractivity contribution in [3.8, 4) is 17.0 Å². The zero-order valence-electron chi connectivity index (χ0n) is 28.3. The van der Waals surface area contributed by atoms with Gasteiger partial charge in [0.15, 0.2) is 0 Å². The number of hydrogen-bond acceptors (Lipinski definition) is 6. The SMILES string of the molecule is CNS(=O)(=O)NC(=O)c1ccc2c(C3CCCCC3)c3n(c2c1)CC1(C(=O)N2C4CCC2CC(O)(C2CC2)C4)CC1c1cc(OC)ccc1-3.